The number of carbonyl (C=O) groups is 4. The van der Waals surface area contributed by atoms with Gasteiger partial charge in [-0.15, -0.1) is 0 Å². The molecule has 362 valence electrons. The highest BCUT2D eigenvalue weighted by molar-refractivity contribution is 7.86. The standard InChI is InChI=1S/C37H34N6O5.2C7H8O3S/c1-4-42-20-6-8-30(23-42)40-34(44)25-10-15-28(16-11-25)38-36(46)27-14-19-32(33(22-27)48-3)37(47)39-29-17-12-26(13-18-29)35(45)41-31-9-7-21-43(5-2)24-31;2*1-6-2-4-7(5-3-6)11(8,9)10/h6-24H,4-5H2,1-3H3,(H2-2,38,39,40,41,44,45,46,47);2*2-5H,1H3,(H,8,9,10). The lowest BCUT2D eigenvalue weighted by Crippen LogP contribution is -2.31. The number of hydrogen-bond acceptors (Lipinski definition) is 11. The first kappa shape index (κ1) is 52.9. The fourth-order valence-corrected chi connectivity index (χ4v) is 7.17. The third kappa shape index (κ3) is 15.7. The zero-order valence-corrected chi connectivity index (χ0v) is 40.3. The summed E-state index contributed by atoms with van der Waals surface area (Å²) in [6, 6.07) is 36.5. The summed E-state index contributed by atoms with van der Waals surface area (Å²) < 4.78 is 71.7. The van der Waals surface area contributed by atoms with Gasteiger partial charge in [-0.25, -0.2) is 26.0 Å². The van der Waals surface area contributed by atoms with E-state index in [9.17, 15) is 45.1 Å². The van der Waals surface area contributed by atoms with Gasteiger partial charge in [0, 0.05) is 40.2 Å². The summed E-state index contributed by atoms with van der Waals surface area (Å²) in [5.41, 5.74) is 5.56. The van der Waals surface area contributed by atoms with Crippen LogP contribution in [0.2, 0.25) is 0 Å². The largest absolute Gasteiger partial charge is 0.744 e. The summed E-state index contributed by atoms with van der Waals surface area (Å²) in [6.45, 7) is 9.23. The van der Waals surface area contributed by atoms with E-state index in [4.69, 9.17) is 4.74 Å². The van der Waals surface area contributed by atoms with Crippen LogP contribution in [-0.2, 0) is 33.3 Å². The van der Waals surface area contributed by atoms with Crippen LogP contribution in [0, 0.1) is 13.8 Å². The Morgan fingerprint density at radius 3 is 1.21 bits per heavy atom. The highest BCUT2D eigenvalue weighted by atomic mass is 32.2. The SMILES string of the molecule is CC[n+]1cccc(NC(=O)c2ccc(NC(=O)c3ccc(C(=O)Nc4ccc(C(=O)Nc5ccc[n+](CC)c5)cc4)c(OC)c3)cc2)c1.Cc1ccc(S(=O)(=O)[O-])cc1.Cc1ccc(S(=O)(=O)[O-])cc1. The molecule has 0 aliphatic rings. The van der Waals surface area contributed by atoms with Gasteiger partial charge in [0.05, 0.1) is 22.5 Å². The number of amides is 4. The number of carbonyl (C=O) groups excluding carboxylic acids is 4. The first-order chi connectivity index (χ1) is 33.3. The molecule has 0 aliphatic heterocycles. The Kier molecular flexibility index (Phi) is 18.3. The molecule has 2 aromatic heterocycles. The predicted molar refractivity (Wildman–Crippen MR) is 261 cm³/mol. The number of pyridine rings is 2. The molecule has 0 atom stereocenters. The first-order valence-corrected chi connectivity index (χ1v) is 24.2. The topological polar surface area (TPSA) is 248 Å². The molecule has 4 N–H and O–H groups in total. The predicted octanol–water partition coefficient (Wildman–Crippen LogP) is 7.12. The van der Waals surface area contributed by atoms with Crippen LogP contribution >= 0.6 is 0 Å². The molecule has 4 amide bonds. The minimum atomic E-state index is -4.27. The van der Waals surface area contributed by atoms with Gasteiger partial charge < -0.3 is 35.1 Å². The van der Waals surface area contributed by atoms with Crippen molar-refractivity contribution in [2.24, 2.45) is 0 Å². The fourth-order valence-electron chi connectivity index (χ4n) is 6.23. The second-order valence-corrected chi connectivity index (χ2v) is 18.0. The Morgan fingerprint density at radius 2 is 0.843 bits per heavy atom. The van der Waals surface area contributed by atoms with Crippen LogP contribution in [-0.4, -0.2) is 56.7 Å². The van der Waals surface area contributed by atoms with Gasteiger partial charge in [-0.05, 0) is 131 Å². The molecule has 0 saturated carbocycles. The van der Waals surface area contributed by atoms with Crippen molar-refractivity contribution in [3.63, 3.8) is 0 Å². The molecule has 2 heterocycles. The molecule has 0 aliphatic carbocycles. The van der Waals surface area contributed by atoms with Crippen molar-refractivity contribution >= 4 is 66.6 Å². The zero-order valence-electron chi connectivity index (χ0n) is 38.7. The third-order valence-corrected chi connectivity index (χ3v) is 11.8. The van der Waals surface area contributed by atoms with Crippen molar-refractivity contribution in [1.29, 1.82) is 0 Å². The normalized spacial score (nSPS) is 10.8. The Balaban J connectivity index is 0.000000338. The van der Waals surface area contributed by atoms with Gasteiger partial charge in [-0.3, -0.25) is 19.2 Å². The number of nitrogens with zero attached hydrogens (tertiary/aromatic N) is 2. The summed E-state index contributed by atoms with van der Waals surface area (Å²) in [5.74, 6) is -1.19. The molecule has 5 aromatic carbocycles. The van der Waals surface area contributed by atoms with E-state index in [-0.39, 0.29) is 38.5 Å². The summed E-state index contributed by atoms with van der Waals surface area (Å²) >= 11 is 0. The maximum Gasteiger partial charge on any atom is 0.259 e. The van der Waals surface area contributed by atoms with E-state index in [2.05, 4.69) is 21.3 Å². The van der Waals surface area contributed by atoms with Crippen LogP contribution in [0.15, 0.2) is 174 Å². The fraction of sp³-hybridized carbons (Fsp3) is 0.137. The minimum Gasteiger partial charge on any atom is -0.744 e. The number of aryl methyl sites for hydroxylation is 4. The second kappa shape index (κ2) is 24.3. The zero-order chi connectivity index (χ0) is 51.0. The van der Waals surface area contributed by atoms with E-state index >= 15 is 0 Å². The van der Waals surface area contributed by atoms with Gasteiger partial charge in [0.2, 0.25) is 0 Å². The molecule has 7 rings (SSSR count). The summed E-state index contributed by atoms with van der Waals surface area (Å²) in [5, 5.41) is 11.3. The van der Waals surface area contributed by atoms with E-state index < -0.39 is 32.1 Å². The summed E-state index contributed by atoms with van der Waals surface area (Å²) in [7, 11) is -7.13. The van der Waals surface area contributed by atoms with Crippen molar-refractivity contribution in [2.75, 3.05) is 28.4 Å². The number of nitrogens with one attached hydrogen (secondary N) is 4. The molecule has 19 heteroatoms. The van der Waals surface area contributed by atoms with Crippen LogP contribution in [0.4, 0.5) is 22.7 Å². The number of methoxy groups -OCH3 is 1. The average molecular weight is 987 g/mol. The molecule has 0 unspecified atom stereocenters. The van der Waals surface area contributed by atoms with Crippen LogP contribution in [0.25, 0.3) is 0 Å². The first-order valence-electron chi connectivity index (χ1n) is 21.4. The van der Waals surface area contributed by atoms with Crippen molar-refractivity contribution in [2.45, 2.75) is 50.6 Å². The molecule has 7 aromatic rings. The molecule has 0 fully saturated rings. The Hall–Kier alpha value is -8.10. The smallest absolute Gasteiger partial charge is 0.259 e. The van der Waals surface area contributed by atoms with Gasteiger partial charge in [-0.1, -0.05) is 35.4 Å². The van der Waals surface area contributed by atoms with Crippen molar-refractivity contribution in [3.8, 4) is 5.75 Å². The maximum atomic E-state index is 13.1. The molecular formula is C51H50N6O11S2. The molecule has 0 saturated heterocycles. The van der Waals surface area contributed by atoms with E-state index in [0.29, 0.717) is 33.9 Å². The number of ether oxygens (including phenoxy) is 1. The van der Waals surface area contributed by atoms with Gasteiger partial charge >= 0.3 is 0 Å². The lowest BCUT2D eigenvalue weighted by molar-refractivity contribution is -0.693. The van der Waals surface area contributed by atoms with Crippen molar-refractivity contribution in [3.05, 3.63) is 198 Å². The van der Waals surface area contributed by atoms with Crippen molar-refractivity contribution < 1.29 is 59.0 Å². The molecule has 0 spiro atoms. The van der Waals surface area contributed by atoms with Crippen LogP contribution in [0.5, 0.6) is 5.75 Å². The highest BCUT2D eigenvalue weighted by Gasteiger charge is 2.18. The second-order valence-electron chi connectivity index (χ2n) is 15.3. The average Bonchev–Trinajstić information content (AvgIpc) is 3.34. The number of hydrogen-bond donors (Lipinski definition) is 4. The Morgan fingerprint density at radius 1 is 0.486 bits per heavy atom. The molecule has 0 radical (unpaired) electrons. The van der Waals surface area contributed by atoms with E-state index in [1.807, 2.05) is 85.9 Å². The Labute approximate surface area is 406 Å². The molecule has 70 heavy (non-hydrogen) atoms. The van der Waals surface area contributed by atoms with E-state index in [1.54, 1.807) is 72.8 Å². The molecule has 17 nitrogen and oxygen atoms in total. The minimum absolute atomic E-state index is 0.178. The van der Waals surface area contributed by atoms with Gasteiger partial charge in [-0.2, -0.15) is 0 Å². The molecular weight excluding hydrogens is 937 g/mol. The maximum absolute atomic E-state index is 13.1. The molecule has 0 bridgehead atoms. The monoisotopic (exact) mass is 986 g/mol. The number of anilines is 4. The van der Waals surface area contributed by atoms with Crippen LogP contribution < -0.4 is 35.1 Å². The van der Waals surface area contributed by atoms with Gasteiger partial charge in [0.15, 0.2) is 24.8 Å². The quantitative estimate of drug-likeness (QED) is 0.0669. The number of aromatic nitrogens is 2. The lowest BCUT2D eigenvalue weighted by atomic mass is 10.1. The number of rotatable bonds is 13. The van der Waals surface area contributed by atoms with E-state index in [0.717, 1.165) is 24.2 Å². The number of benzene rings is 5. The van der Waals surface area contributed by atoms with E-state index in [1.165, 1.54) is 49.6 Å². The third-order valence-electron chi connectivity index (χ3n) is 10.1. The summed E-state index contributed by atoms with van der Waals surface area (Å²) in [4.78, 5) is 51.2. The highest BCUT2D eigenvalue weighted by Crippen LogP contribution is 2.24. The summed E-state index contributed by atoms with van der Waals surface area (Å²) in [6.07, 6.45) is 7.54. The van der Waals surface area contributed by atoms with Gasteiger partial charge in [0.25, 0.3) is 23.6 Å². The lowest BCUT2D eigenvalue weighted by Gasteiger charge is -2.12. The Bertz CT molecular complexity index is 3110. The van der Waals surface area contributed by atoms with Crippen LogP contribution in [0.3, 0.4) is 0 Å². The van der Waals surface area contributed by atoms with Gasteiger partial charge in [0.1, 0.15) is 50.5 Å². The van der Waals surface area contributed by atoms with Crippen molar-refractivity contribution in [1.82, 2.24) is 0 Å². The van der Waals surface area contributed by atoms with Crippen LogP contribution in [0.1, 0.15) is 66.4 Å².